The van der Waals surface area contributed by atoms with E-state index < -0.39 is 0 Å². The molecule has 0 heterocycles. The van der Waals surface area contributed by atoms with Crippen molar-refractivity contribution in [2.75, 3.05) is 0 Å². The van der Waals surface area contributed by atoms with E-state index in [-0.39, 0.29) is 0 Å². The van der Waals surface area contributed by atoms with Crippen molar-refractivity contribution in [2.45, 2.75) is 0 Å². The summed E-state index contributed by atoms with van der Waals surface area (Å²) < 4.78 is 0. The summed E-state index contributed by atoms with van der Waals surface area (Å²) in [5, 5.41) is 14.1. The second kappa shape index (κ2) is 18.1. The van der Waals surface area contributed by atoms with Gasteiger partial charge in [-0.15, -0.1) is 12.8 Å². The minimum Gasteiger partial charge on any atom is -0.115 e. The number of fused-ring (bicyclic) bond motifs is 6. The molecule has 0 radical (unpaired) electrons. The zero-order chi connectivity index (χ0) is 45.8. The maximum absolute atomic E-state index is 5.99. The molecule has 0 spiro atoms. The summed E-state index contributed by atoms with van der Waals surface area (Å²) in [4.78, 5) is 0. The van der Waals surface area contributed by atoms with Crippen LogP contribution in [0.1, 0.15) is 33.4 Å². The van der Waals surface area contributed by atoms with Crippen molar-refractivity contribution in [1.82, 2.24) is 0 Å². The average Bonchev–Trinajstić information content (AvgIpc) is 3.40. The maximum atomic E-state index is 5.99. The molecule has 0 aromatic heterocycles. The lowest BCUT2D eigenvalue weighted by molar-refractivity contribution is 1.60. The van der Waals surface area contributed by atoms with E-state index in [1.54, 1.807) is 0 Å². The topological polar surface area (TPSA) is 0 Å². The van der Waals surface area contributed by atoms with Gasteiger partial charge < -0.3 is 0 Å². The van der Waals surface area contributed by atoms with Crippen molar-refractivity contribution < 1.29 is 0 Å². The zero-order valence-corrected chi connectivity index (χ0v) is 37.1. The number of hydrogen-bond acceptors (Lipinski definition) is 0. The van der Waals surface area contributed by atoms with Crippen LogP contribution in [0.15, 0.2) is 231 Å². The Labute approximate surface area is 397 Å². The molecule has 0 fully saturated rings. The van der Waals surface area contributed by atoms with E-state index in [2.05, 4.69) is 193 Å². The van der Waals surface area contributed by atoms with Crippen molar-refractivity contribution in [3.05, 3.63) is 264 Å². The SMILES string of the molecule is C#Cc1ccc2cc3ccccc3cc2c1-c1ccc(-c2c(C#C)ccc3cc4ccccc4cc23)cc1.C(#Cc1c2ccccc2c(C#Cc2ccccc2)c2ccccc12)c1ccccc1. The first-order valence-corrected chi connectivity index (χ1v) is 22.7. The molecule has 0 aliphatic carbocycles. The summed E-state index contributed by atoms with van der Waals surface area (Å²) in [5.41, 5.74) is 10.3. The lowest BCUT2D eigenvalue weighted by Gasteiger charge is -2.14. The predicted molar refractivity (Wildman–Crippen MR) is 290 cm³/mol. The molecule has 0 heteroatoms. The van der Waals surface area contributed by atoms with Gasteiger partial charge in [0.05, 0.1) is 0 Å². The minimum absolute atomic E-state index is 0.890. The Kier molecular flexibility index (Phi) is 11.0. The molecule has 0 aliphatic rings. The van der Waals surface area contributed by atoms with Gasteiger partial charge in [-0.05, 0) is 136 Å². The Balaban J connectivity index is 0.000000153. The fourth-order valence-corrected chi connectivity index (χ4v) is 9.40. The average molecular weight is 857 g/mol. The highest BCUT2D eigenvalue weighted by Gasteiger charge is 2.15. The normalized spacial score (nSPS) is 10.7. The van der Waals surface area contributed by atoms with Crippen LogP contribution in [0.2, 0.25) is 0 Å². The van der Waals surface area contributed by atoms with E-state index in [0.29, 0.717) is 0 Å². The lowest BCUT2D eigenvalue weighted by Crippen LogP contribution is -1.91. The van der Waals surface area contributed by atoms with Crippen molar-refractivity contribution in [1.29, 1.82) is 0 Å². The lowest BCUT2D eigenvalue weighted by atomic mass is 9.89. The molecular weight excluding hydrogens is 817 g/mol. The third-order valence-electron chi connectivity index (χ3n) is 12.7. The van der Waals surface area contributed by atoms with Crippen LogP contribution in [-0.2, 0) is 0 Å². The molecular formula is C68H40. The summed E-state index contributed by atoms with van der Waals surface area (Å²) in [6.07, 6.45) is 12.0. The van der Waals surface area contributed by atoms with Crippen LogP contribution in [0.5, 0.6) is 0 Å². The van der Waals surface area contributed by atoms with Crippen LogP contribution in [0, 0.1) is 48.4 Å². The number of terminal acetylenes is 2. The standard InChI is InChI=1S/C38H22.C30H18/c1-3-25-13-19-33-21-29-9-5-7-11-31(29)23-35(33)37(25)27-15-17-28(18-16-27)38-26(4-2)14-20-34-22-30-10-6-8-12-32(30)24-36(34)38;1-3-11-23(12-4-1)19-21-29-25-15-7-9-17-27(25)30(28-18-10-8-16-26(28)29)22-20-24-13-5-2-6-14-24/h1-2,5-24H;1-18H. The molecule has 0 aliphatic heterocycles. The van der Waals surface area contributed by atoms with Crippen molar-refractivity contribution >= 4 is 64.6 Å². The maximum Gasteiger partial charge on any atom is 0.0406 e. The monoisotopic (exact) mass is 856 g/mol. The summed E-state index contributed by atoms with van der Waals surface area (Å²) in [5.74, 6) is 19.4. The Morgan fingerprint density at radius 3 is 0.926 bits per heavy atom. The number of benzene rings is 12. The van der Waals surface area contributed by atoms with Gasteiger partial charge in [-0.2, -0.15) is 0 Å². The fraction of sp³-hybridized carbons (Fsp3) is 0. The number of rotatable bonds is 2. The highest BCUT2D eigenvalue weighted by atomic mass is 14.2. The van der Waals surface area contributed by atoms with Gasteiger partial charge in [-0.25, -0.2) is 0 Å². The van der Waals surface area contributed by atoms with Crippen molar-refractivity contribution in [3.63, 3.8) is 0 Å². The number of hydrogen-bond donors (Lipinski definition) is 0. The smallest absolute Gasteiger partial charge is 0.0406 e. The second-order valence-corrected chi connectivity index (χ2v) is 16.8. The molecule has 12 rings (SSSR count). The van der Waals surface area contributed by atoms with Crippen LogP contribution in [0.4, 0.5) is 0 Å². The highest BCUT2D eigenvalue weighted by molar-refractivity contribution is 6.11. The van der Waals surface area contributed by atoms with E-state index in [1.165, 1.54) is 32.3 Å². The summed E-state index contributed by atoms with van der Waals surface area (Å²) in [7, 11) is 0. The van der Waals surface area contributed by atoms with Crippen LogP contribution >= 0.6 is 0 Å². The van der Waals surface area contributed by atoms with E-state index in [0.717, 1.165) is 88.0 Å². The Morgan fingerprint density at radius 1 is 0.250 bits per heavy atom. The summed E-state index contributed by atoms with van der Waals surface area (Å²) in [6.45, 7) is 0. The van der Waals surface area contributed by atoms with E-state index >= 15 is 0 Å². The van der Waals surface area contributed by atoms with Gasteiger partial charge in [-0.1, -0.05) is 205 Å². The molecule has 0 N–H and O–H groups in total. The second-order valence-electron chi connectivity index (χ2n) is 16.8. The molecule has 68 heavy (non-hydrogen) atoms. The highest BCUT2D eigenvalue weighted by Crippen LogP contribution is 2.39. The van der Waals surface area contributed by atoms with Crippen LogP contribution < -0.4 is 0 Å². The first-order valence-electron chi connectivity index (χ1n) is 22.7. The van der Waals surface area contributed by atoms with Gasteiger partial charge in [-0.3, -0.25) is 0 Å². The van der Waals surface area contributed by atoms with Crippen LogP contribution in [-0.4, -0.2) is 0 Å². The van der Waals surface area contributed by atoms with Gasteiger partial charge in [0, 0.05) is 44.5 Å². The summed E-state index contributed by atoms with van der Waals surface area (Å²) in [6, 6.07) is 80.0. The van der Waals surface area contributed by atoms with Crippen molar-refractivity contribution in [3.8, 4) is 70.6 Å². The summed E-state index contributed by atoms with van der Waals surface area (Å²) >= 11 is 0. The fourth-order valence-electron chi connectivity index (χ4n) is 9.40. The molecule has 0 nitrogen and oxygen atoms in total. The predicted octanol–water partition coefficient (Wildman–Crippen LogP) is 16.4. The van der Waals surface area contributed by atoms with Gasteiger partial charge in [0.15, 0.2) is 0 Å². The van der Waals surface area contributed by atoms with Gasteiger partial charge in [0.25, 0.3) is 0 Å². The molecule has 12 aromatic carbocycles. The molecule has 0 bridgehead atoms. The van der Waals surface area contributed by atoms with Gasteiger partial charge in [0.1, 0.15) is 0 Å². The quantitative estimate of drug-likeness (QED) is 0.120. The molecule has 312 valence electrons. The molecule has 0 saturated carbocycles. The van der Waals surface area contributed by atoms with Crippen molar-refractivity contribution in [2.24, 2.45) is 0 Å². The van der Waals surface area contributed by atoms with E-state index in [9.17, 15) is 0 Å². The zero-order valence-electron chi connectivity index (χ0n) is 37.1. The molecule has 12 aromatic rings. The molecule has 0 amide bonds. The van der Waals surface area contributed by atoms with E-state index in [1.807, 2.05) is 72.8 Å². The molecule has 0 unspecified atom stereocenters. The Bertz CT molecular complexity index is 3810. The minimum atomic E-state index is 0.890. The first-order chi connectivity index (χ1) is 33.6. The van der Waals surface area contributed by atoms with Crippen LogP contribution in [0.3, 0.4) is 0 Å². The van der Waals surface area contributed by atoms with Gasteiger partial charge >= 0.3 is 0 Å². The molecule has 0 saturated heterocycles. The third kappa shape index (κ3) is 7.87. The van der Waals surface area contributed by atoms with Crippen LogP contribution in [0.25, 0.3) is 86.9 Å². The molecule has 0 atom stereocenters. The van der Waals surface area contributed by atoms with E-state index in [4.69, 9.17) is 12.8 Å². The Morgan fingerprint density at radius 2 is 0.574 bits per heavy atom. The Hall–Kier alpha value is -9.56. The largest absolute Gasteiger partial charge is 0.115 e. The third-order valence-corrected chi connectivity index (χ3v) is 12.7. The van der Waals surface area contributed by atoms with Gasteiger partial charge in [0.2, 0.25) is 0 Å². The first kappa shape index (κ1) is 41.2.